The van der Waals surface area contributed by atoms with Crippen molar-refractivity contribution in [2.75, 3.05) is 26.4 Å². The maximum atomic E-state index is 12.6. The molecule has 0 aliphatic heterocycles. The number of carbonyl (C=O) groups excluding carboxylic acids is 2. The molecule has 10 nitrogen and oxygen atoms in total. The SMILES string of the molecule is CCCCCCCCCCCCCCCCCCCC/C=C/CCCC(=O)O[C@H](COC(=O)CCCCCCCCCCCCCC)COP(=O)(O)OC[C@@H](O)CO. The Morgan fingerprint density at radius 1 is 0.500 bits per heavy atom. The van der Waals surface area contributed by atoms with Crippen LogP contribution in [0.15, 0.2) is 12.2 Å². The van der Waals surface area contributed by atoms with Crippen molar-refractivity contribution in [1.82, 2.24) is 0 Å². The van der Waals surface area contributed by atoms with Gasteiger partial charge in [-0.2, -0.15) is 0 Å². The molecule has 0 saturated heterocycles. The molecule has 0 fully saturated rings. The third-order valence-electron chi connectivity index (χ3n) is 10.7. The Labute approximate surface area is 356 Å². The average Bonchev–Trinajstić information content (AvgIpc) is 3.21. The van der Waals surface area contributed by atoms with Crippen LogP contribution in [0.2, 0.25) is 0 Å². The normalized spacial score (nSPS) is 13.8. The second-order valence-corrected chi connectivity index (χ2v) is 17.9. The Kier molecular flexibility index (Phi) is 42.8. The predicted octanol–water partition coefficient (Wildman–Crippen LogP) is 13.2. The van der Waals surface area contributed by atoms with Crippen molar-refractivity contribution in [2.24, 2.45) is 0 Å². The number of phosphoric ester groups is 1. The van der Waals surface area contributed by atoms with Gasteiger partial charge >= 0.3 is 19.8 Å². The van der Waals surface area contributed by atoms with E-state index in [9.17, 15) is 24.2 Å². The average molecular weight is 847 g/mol. The summed E-state index contributed by atoms with van der Waals surface area (Å²) < 4.78 is 32.7. The number of phosphoric acid groups is 1. The Hall–Kier alpha value is -1.29. The van der Waals surface area contributed by atoms with Crippen molar-refractivity contribution >= 4 is 19.8 Å². The summed E-state index contributed by atoms with van der Waals surface area (Å²) in [5, 5.41) is 18.3. The Bertz CT molecular complexity index is 977. The molecular weight excluding hydrogens is 755 g/mol. The molecule has 0 aliphatic carbocycles. The standard InChI is InChI=1S/C47H91O10P/c1-3-5-7-9-11-13-15-17-18-19-20-21-22-23-24-25-26-27-29-31-33-35-37-39-47(51)57-45(43-56-58(52,53)55-41-44(49)40-48)42-54-46(50)38-36-34-32-30-28-16-14-12-10-8-6-4-2/h31,33,44-45,48-49H,3-30,32,34-43H2,1-2H3,(H,52,53)/b33-31+/t44-,45+/m0/s1. The number of hydrogen-bond acceptors (Lipinski definition) is 9. The lowest BCUT2D eigenvalue weighted by Gasteiger charge is -2.20. The van der Waals surface area contributed by atoms with Crippen LogP contribution in [-0.2, 0) is 32.7 Å². The van der Waals surface area contributed by atoms with E-state index in [1.54, 1.807) is 0 Å². The molecule has 1 unspecified atom stereocenters. The van der Waals surface area contributed by atoms with Gasteiger partial charge in [0.1, 0.15) is 12.7 Å². The molecule has 11 heteroatoms. The monoisotopic (exact) mass is 847 g/mol. The molecule has 0 aliphatic rings. The molecule has 0 aromatic heterocycles. The van der Waals surface area contributed by atoms with Crippen molar-refractivity contribution in [3.05, 3.63) is 12.2 Å². The Balaban J connectivity index is 4.16. The van der Waals surface area contributed by atoms with Gasteiger partial charge in [-0.15, -0.1) is 0 Å². The number of carbonyl (C=O) groups is 2. The highest BCUT2D eigenvalue weighted by atomic mass is 31.2. The number of allylic oxidation sites excluding steroid dienone is 2. The first-order valence-electron chi connectivity index (χ1n) is 24.1. The van der Waals surface area contributed by atoms with Crippen LogP contribution in [0, 0.1) is 0 Å². The first kappa shape index (κ1) is 56.7. The maximum absolute atomic E-state index is 12.6. The molecule has 344 valence electrons. The van der Waals surface area contributed by atoms with Crippen molar-refractivity contribution in [3.63, 3.8) is 0 Å². The molecule has 0 amide bonds. The van der Waals surface area contributed by atoms with E-state index in [2.05, 4.69) is 26.0 Å². The van der Waals surface area contributed by atoms with Gasteiger partial charge in [0.15, 0.2) is 6.10 Å². The summed E-state index contributed by atoms with van der Waals surface area (Å²) in [7, 11) is -4.62. The van der Waals surface area contributed by atoms with Gasteiger partial charge < -0.3 is 24.6 Å². The minimum Gasteiger partial charge on any atom is -0.462 e. The summed E-state index contributed by atoms with van der Waals surface area (Å²) in [4.78, 5) is 35.0. The van der Waals surface area contributed by atoms with Crippen LogP contribution in [0.25, 0.3) is 0 Å². The van der Waals surface area contributed by atoms with Gasteiger partial charge in [-0.25, -0.2) is 4.57 Å². The van der Waals surface area contributed by atoms with E-state index in [-0.39, 0.29) is 19.4 Å². The van der Waals surface area contributed by atoms with Gasteiger partial charge in [-0.3, -0.25) is 18.6 Å². The molecule has 0 spiro atoms. The van der Waals surface area contributed by atoms with Crippen LogP contribution in [0.5, 0.6) is 0 Å². The van der Waals surface area contributed by atoms with Crippen LogP contribution in [0.1, 0.15) is 239 Å². The minimum atomic E-state index is -4.62. The lowest BCUT2D eigenvalue weighted by molar-refractivity contribution is -0.161. The van der Waals surface area contributed by atoms with Gasteiger partial charge in [0.2, 0.25) is 0 Å². The quantitative estimate of drug-likeness (QED) is 0.0234. The van der Waals surface area contributed by atoms with Crippen LogP contribution in [-0.4, -0.2) is 65.7 Å². The van der Waals surface area contributed by atoms with Gasteiger partial charge in [0, 0.05) is 12.8 Å². The van der Waals surface area contributed by atoms with Gasteiger partial charge in [0.25, 0.3) is 0 Å². The minimum absolute atomic E-state index is 0.142. The summed E-state index contributed by atoms with van der Waals surface area (Å²) >= 11 is 0. The highest BCUT2D eigenvalue weighted by Gasteiger charge is 2.27. The van der Waals surface area contributed by atoms with Gasteiger partial charge in [-0.05, 0) is 32.1 Å². The van der Waals surface area contributed by atoms with Crippen LogP contribution in [0.3, 0.4) is 0 Å². The molecule has 3 atom stereocenters. The zero-order valence-electron chi connectivity index (χ0n) is 37.5. The first-order valence-corrected chi connectivity index (χ1v) is 25.6. The van der Waals surface area contributed by atoms with Crippen molar-refractivity contribution in [2.45, 2.75) is 251 Å². The molecule has 0 heterocycles. The fourth-order valence-corrected chi connectivity index (χ4v) is 7.73. The third-order valence-corrected chi connectivity index (χ3v) is 11.6. The molecule has 0 aromatic carbocycles. The fraction of sp³-hybridized carbons (Fsp3) is 0.915. The molecule has 0 bridgehead atoms. The van der Waals surface area contributed by atoms with E-state index in [1.165, 1.54) is 167 Å². The van der Waals surface area contributed by atoms with Crippen LogP contribution in [0.4, 0.5) is 0 Å². The van der Waals surface area contributed by atoms with Crippen molar-refractivity contribution in [3.8, 4) is 0 Å². The first-order chi connectivity index (χ1) is 28.2. The van der Waals surface area contributed by atoms with Gasteiger partial charge in [-0.1, -0.05) is 206 Å². The molecule has 3 N–H and O–H groups in total. The van der Waals surface area contributed by atoms with E-state index in [0.29, 0.717) is 12.8 Å². The van der Waals surface area contributed by atoms with E-state index >= 15 is 0 Å². The molecular formula is C47H91O10P. The number of unbranched alkanes of at least 4 members (excludes halogenated alkanes) is 30. The zero-order valence-corrected chi connectivity index (χ0v) is 38.4. The molecule has 58 heavy (non-hydrogen) atoms. The number of aliphatic hydroxyl groups is 2. The summed E-state index contributed by atoms with van der Waals surface area (Å²) in [5.41, 5.74) is 0. The van der Waals surface area contributed by atoms with Crippen molar-refractivity contribution in [1.29, 1.82) is 0 Å². The highest BCUT2D eigenvalue weighted by molar-refractivity contribution is 7.47. The molecule has 0 radical (unpaired) electrons. The van der Waals surface area contributed by atoms with E-state index < -0.39 is 51.8 Å². The lowest BCUT2D eigenvalue weighted by Crippen LogP contribution is -2.29. The number of esters is 2. The van der Waals surface area contributed by atoms with E-state index in [1.807, 2.05) is 0 Å². The third kappa shape index (κ3) is 42.8. The fourth-order valence-electron chi connectivity index (χ4n) is 6.94. The number of hydrogen-bond donors (Lipinski definition) is 3. The molecule has 0 saturated carbocycles. The maximum Gasteiger partial charge on any atom is 0.472 e. The van der Waals surface area contributed by atoms with Crippen LogP contribution < -0.4 is 0 Å². The summed E-state index contributed by atoms with van der Waals surface area (Å²) in [6.45, 7) is 2.39. The topological polar surface area (TPSA) is 149 Å². The van der Waals surface area contributed by atoms with Gasteiger partial charge in [0.05, 0.1) is 19.8 Å². The Morgan fingerprint density at radius 3 is 1.29 bits per heavy atom. The van der Waals surface area contributed by atoms with Crippen molar-refractivity contribution < 1.29 is 47.8 Å². The summed E-state index contributed by atoms with van der Waals surface area (Å²) in [5.74, 6) is -0.950. The Morgan fingerprint density at radius 2 is 0.862 bits per heavy atom. The lowest BCUT2D eigenvalue weighted by atomic mass is 10.0. The second kappa shape index (κ2) is 43.8. The largest absolute Gasteiger partial charge is 0.472 e. The predicted molar refractivity (Wildman–Crippen MR) is 238 cm³/mol. The zero-order chi connectivity index (χ0) is 42.6. The highest BCUT2D eigenvalue weighted by Crippen LogP contribution is 2.43. The number of aliphatic hydroxyl groups excluding tert-OH is 2. The summed E-state index contributed by atoms with van der Waals surface area (Å²) in [6, 6.07) is 0. The molecule has 0 rings (SSSR count). The summed E-state index contributed by atoms with van der Waals surface area (Å²) in [6.07, 6.45) is 43.4. The second-order valence-electron chi connectivity index (χ2n) is 16.5. The van der Waals surface area contributed by atoms with E-state index in [0.717, 1.165) is 32.1 Å². The van der Waals surface area contributed by atoms with Crippen LogP contribution >= 0.6 is 7.82 Å². The molecule has 0 aromatic rings. The number of rotatable bonds is 46. The van der Waals surface area contributed by atoms with E-state index in [4.69, 9.17) is 23.6 Å². The smallest absolute Gasteiger partial charge is 0.462 e. The number of ether oxygens (including phenoxy) is 2.